The van der Waals surface area contributed by atoms with Gasteiger partial charge in [-0.1, -0.05) is 6.07 Å². The molecule has 0 aliphatic carbocycles. The van der Waals surface area contributed by atoms with E-state index >= 15 is 0 Å². The molecular weight excluding hydrogens is 214 g/mol. The highest BCUT2D eigenvalue weighted by Crippen LogP contribution is 2.27. The molecule has 0 spiro atoms. The van der Waals surface area contributed by atoms with Gasteiger partial charge in [-0.3, -0.25) is 4.68 Å². The molecule has 0 unspecified atom stereocenters. The van der Waals surface area contributed by atoms with Crippen LogP contribution in [0.25, 0.3) is 22.2 Å². The van der Waals surface area contributed by atoms with Crippen LogP contribution >= 0.6 is 0 Å². The molecule has 0 aliphatic rings. The zero-order chi connectivity index (χ0) is 12.0. The van der Waals surface area contributed by atoms with E-state index in [9.17, 15) is 0 Å². The van der Waals surface area contributed by atoms with E-state index in [0.29, 0.717) is 5.82 Å². The van der Waals surface area contributed by atoms with Gasteiger partial charge in [-0.2, -0.15) is 5.10 Å². The number of hydrogen-bond acceptors (Lipinski definition) is 3. The predicted octanol–water partition coefficient (Wildman–Crippen LogP) is 1.56. The number of aromatic nitrogens is 4. The van der Waals surface area contributed by atoms with Crippen molar-refractivity contribution in [1.82, 2.24) is 19.3 Å². The summed E-state index contributed by atoms with van der Waals surface area (Å²) in [6.45, 7) is 0. The van der Waals surface area contributed by atoms with Crippen molar-refractivity contribution in [3.05, 3.63) is 30.7 Å². The first kappa shape index (κ1) is 9.89. The molecule has 0 amide bonds. The number of fused-ring (bicyclic) bond motifs is 1. The van der Waals surface area contributed by atoms with Gasteiger partial charge >= 0.3 is 0 Å². The molecule has 0 atom stereocenters. The van der Waals surface area contributed by atoms with Crippen LogP contribution in [0.2, 0.25) is 0 Å². The fourth-order valence-corrected chi connectivity index (χ4v) is 2.03. The summed E-state index contributed by atoms with van der Waals surface area (Å²) in [5.41, 5.74) is 9.93. The second kappa shape index (κ2) is 3.35. The van der Waals surface area contributed by atoms with E-state index < -0.39 is 0 Å². The summed E-state index contributed by atoms with van der Waals surface area (Å²) in [7, 11) is 3.84. The van der Waals surface area contributed by atoms with Crippen molar-refractivity contribution < 1.29 is 0 Å². The molecule has 1 aromatic carbocycles. The van der Waals surface area contributed by atoms with Gasteiger partial charge in [0.15, 0.2) is 5.82 Å². The van der Waals surface area contributed by atoms with Crippen molar-refractivity contribution in [2.45, 2.75) is 0 Å². The molecule has 2 aromatic heterocycles. The summed E-state index contributed by atoms with van der Waals surface area (Å²) in [6, 6.07) is 6.12. The molecule has 3 aromatic rings. The third-order valence-electron chi connectivity index (χ3n) is 2.89. The summed E-state index contributed by atoms with van der Waals surface area (Å²) in [5.74, 6) is 0.544. The molecule has 5 heteroatoms. The van der Waals surface area contributed by atoms with Crippen LogP contribution in [0.1, 0.15) is 0 Å². The number of hydrogen-bond donors (Lipinski definition) is 1. The van der Waals surface area contributed by atoms with Crippen molar-refractivity contribution in [2.75, 3.05) is 5.73 Å². The highest BCUT2D eigenvalue weighted by Gasteiger charge is 2.08. The molecule has 0 fully saturated rings. The third kappa shape index (κ3) is 1.47. The molecule has 17 heavy (non-hydrogen) atoms. The quantitative estimate of drug-likeness (QED) is 0.686. The topological polar surface area (TPSA) is 61.7 Å². The zero-order valence-electron chi connectivity index (χ0n) is 9.75. The van der Waals surface area contributed by atoms with E-state index in [4.69, 9.17) is 5.73 Å². The van der Waals surface area contributed by atoms with Crippen LogP contribution in [0.3, 0.4) is 0 Å². The molecule has 0 saturated heterocycles. The molecule has 2 N–H and O–H groups in total. The standard InChI is InChI=1S/C12H13N5/c1-16-7-14-10-5-8(3-4-11(10)16)9-6-17(2)15-12(9)13/h3-7H,1-2H3,(H2,13,15). The normalized spacial score (nSPS) is 11.2. The smallest absolute Gasteiger partial charge is 0.153 e. The minimum Gasteiger partial charge on any atom is -0.382 e. The van der Waals surface area contributed by atoms with Gasteiger partial charge in [-0.05, 0) is 17.7 Å². The SMILES string of the molecule is Cn1cc(-c2ccc3c(c2)ncn3C)c(N)n1. The van der Waals surface area contributed by atoms with Gasteiger partial charge in [0.2, 0.25) is 0 Å². The number of imidazole rings is 1. The second-order valence-corrected chi connectivity index (χ2v) is 4.16. The summed E-state index contributed by atoms with van der Waals surface area (Å²) < 4.78 is 3.71. The Morgan fingerprint density at radius 3 is 2.76 bits per heavy atom. The number of nitrogens with zero attached hydrogens (tertiary/aromatic N) is 4. The van der Waals surface area contributed by atoms with Crippen molar-refractivity contribution in [1.29, 1.82) is 0 Å². The van der Waals surface area contributed by atoms with Crippen molar-refractivity contribution in [3.63, 3.8) is 0 Å². The number of benzene rings is 1. The number of nitrogens with two attached hydrogens (primary N) is 1. The van der Waals surface area contributed by atoms with Gasteiger partial charge in [-0.15, -0.1) is 0 Å². The fraction of sp³-hybridized carbons (Fsp3) is 0.167. The fourth-order valence-electron chi connectivity index (χ4n) is 2.03. The van der Waals surface area contributed by atoms with E-state index in [1.165, 1.54) is 0 Å². The van der Waals surface area contributed by atoms with Crippen LogP contribution in [-0.2, 0) is 14.1 Å². The van der Waals surface area contributed by atoms with Gasteiger partial charge < -0.3 is 10.3 Å². The van der Waals surface area contributed by atoms with Crippen molar-refractivity contribution in [3.8, 4) is 11.1 Å². The molecule has 0 bridgehead atoms. The summed E-state index contributed by atoms with van der Waals surface area (Å²) >= 11 is 0. The van der Waals surface area contributed by atoms with Gasteiger partial charge in [0.25, 0.3) is 0 Å². The van der Waals surface area contributed by atoms with Crippen molar-refractivity contribution in [2.24, 2.45) is 14.1 Å². The van der Waals surface area contributed by atoms with Gasteiger partial charge in [0, 0.05) is 25.9 Å². The third-order valence-corrected chi connectivity index (χ3v) is 2.89. The Hall–Kier alpha value is -2.30. The van der Waals surface area contributed by atoms with E-state index in [2.05, 4.69) is 10.1 Å². The van der Waals surface area contributed by atoms with Gasteiger partial charge in [0.1, 0.15) is 0 Å². The van der Waals surface area contributed by atoms with Gasteiger partial charge in [0.05, 0.1) is 17.4 Å². The molecule has 5 nitrogen and oxygen atoms in total. The lowest BCUT2D eigenvalue weighted by Crippen LogP contribution is -1.90. The highest BCUT2D eigenvalue weighted by molar-refractivity contribution is 5.84. The van der Waals surface area contributed by atoms with E-state index in [0.717, 1.165) is 22.2 Å². The van der Waals surface area contributed by atoms with E-state index in [1.54, 1.807) is 11.0 Å². The Labute approximate surface area is 98.5 Å². The van der Waals surface area contributed by atoms with Crippen LogP contribution in [0.5, 0.6) is 0 Å². The summed E-state index contributed by atoms with van der Waals surface area (Å²) in [5, 5.41) is 4.14. The van der Waals surface area contributed by atoms with Crippen LogP contribution < -0.4 is 5.73 Å². The Morgan fingerprint density at radius 2 is 2.06 bits per heavy atom. The van der Waals surface area contributed by atoms with Crippen LogP contribution in [0.4, 0.5) is 5.82 Å². The maximum Gasteiger partial charge on any atom is 0.153 e. The molecule has 0 saturated carbocycles. The molecule has 0 radical (unpaired) electrons. The summed E-state index contributed by atoms with van der Waals surface area (Å²) in [4.78, 5) is 4.34. The van der Waals surface area contributed by atoms with Gasteiger partial charge in [-0.25, -0.2) is 4.98 Å². The van der Waals surface area contributed by atoms with Crippen LogP contribution in [0, 0.1) is 0 Å². The first-order valence-corrected chi connectivity index (χ1v) is 5.36. The zero-order valence-corrected chi connectivity index (χ0v) is 9.75. The van der Waals surface area contributed by atoms with E-state index in [-0.39, 0.29) is 0 Å². The lowest BCUT2D eigenvalue weighted by Gasteiger charge is -1.99. The number of anilines is 1. The monoisotopic (exact) mass is 227 g/mol. The predicted molar refractivity (Wildman–Crippen MR) is 67.3 cm³/mol. The largest absolute Gasteiger partial charge is 0.382 e. The lowest BCUT2D eigenvalue weighted by molar-refractivity contribution is 0.772. The molecule has 86 valence electrons. The Kier molecular flexibility index (Phi) is 1.95. The minimum absolute atomic E-state index is 0.544. The lowest BCUT2D eigenvalue weighted by atomic mass is 10.1. The molecule has 2 heterocycles. The number of rotatable bonds is 1. The first-order valence-electron chi connectivity index (χ1n) is 5.36. The maximum absolute atomic E-state index is 5.87. The Bertz CT molecular complexity index is 692. The summed E-state index contributed by atoms with van der Waals surface area (Å²) in [6.07, 6.45) is 3.72. The molecular formula is C12H13N5. The van der Waals surface area contributed by atoms with Crippen LogP contribution in [0.15, 0.2) is 30.7 Å². The Morgan fingerprint density at radius 1 is 1.24 bits per heavy atom. The second-order valence-electron chi connectivity index (χ2n) is 4.16. The molecule has 0 aliphatic heterocycles. The number of nitrogen functional groups attached to an aromatic ring is 1. The average molecular weight is 227 g/mol. The van der Waals surface area contributed by atoms with E-state index in [1.807, 2.05) is 43.1 Å². The first-order chi connectivity index (χ1) is 8.15. The average Bonchev–Trinajstić information content (AvgIpc) is 2.82. The maximum atomic E-state index is 5.87. The van der Waals surface area contributed by atoms with Crippen molar-refractivity contribution >= 4 is 16.9 Å². The minimum atomic E-state index is 0.544. The van der Waals surface area contributed by atoms with Crippen LogP contribution in [-0.4, -0.2) is 19.3 Å². The Balaban J connectivity index is 2.21. The molecule has 3 rings (SSSR count). The number of aryl methyl sites for hydroxylation is 2. The highest BCUT2D eigenvalue weighted by atomic mass is 15.3.